The van der Waals surface area contributed by atoms with Crippen LogP contribution in [0.15, 0.2) is 40.9 Å². The number of hydrogen-bond donors (Lipinski definition) is 1. The smallest absolute Gasteiger partial charge is 0.203 e. The highest BCUT2D eigenvalue weighted by molar-refractivity contribution is 9.10. The van der Waals surface area contributed by atoms with Gasteiger partial charge in [0.15, 0.2) is 11.5 Å². The molecule has 0 bridgehead atoms. The Balaban J connectivity index is 1.87. The Morgan fingerprint density at radius 2 is 1.59 bits per heavy atom. The molecule has 0 unspecified atom stereocenters. The van der Waals surface area contributed by atoms with Gasteiger partial charge in [0.25, 0.3) is 0 Å². The van der Waals surface area contributed by atoms with E-state index in [4.69, 9.17) is 9.47 Å². The molecule has 2 aromatic carbocycles. The highest BCUT2D eigenvalue weighted by Gasteiger charge is 2.15. The lowest BCUT2D eigenvalue weighted by Crippen LogP contribution is -2.10. The van der Waals surface area contributed by atoms with Gasteiger partial charge in [0.05, 0.1) is 19.6 Å². The Labute approximate surface area is 180 Å². The van der Waals surface area contributed by atoms with Crippen LogP contribution in [0, 0.1) is 0 Å². The van der Waals surface area contributed by atoms with Crippen molar-refractivity contribution in [3.63, 3.8) is 0 Å². The van der Waals surface area contributed by atoms with Gasteiger partial charge in [-0.1, -0.05) is 28.1 Å². The lowest BCUT2D eigenvalue weighted by molar-refractivity contribution is -0.126. The van der Waals surface area contributed by atoms with E-state index in [1.54, 1.807) is 12.1 Å². The molecule has 0 saturated carbocycles. The highest BCUT2D eigenvalue weighted by atomic mass is 79.9. The van der Waals surface area contributed by atoms with Crippen LogP contribution in [0.5, 0.6) is 17.2 Å². The number of phenolic OH excluding ortho intramolecular Hbond substituents is 1. The molecule has 0 amide bonds. The average Bonchev–Trinajstić information content (AvgIpc) is 2.65. The van der Waals surface area contributed by atoms with Gasteiger partial charge in [0.2, 0.25) is 5.75 Å². The minimum Gasteiger partial charge on any atom is -0.504 e. The molecule has 0 heterocycles. The van der Waals surface area contributed by atoms with Crippen LogP contribution in [0.25, 0.3) is 0 Å². The van der Waals surface area contributed by atoms with Gasteiger partial charge >= 0.3 is 0 Å². The molecule has 0 fully saturated rings. The number of halogens is 1. The molecule has 1 N–H and O–H groups in total. The van der Waals surface area contributed by atoms with E-state index in [1.807, 2.05) is 38.1 Å². The van der Waals surface area contributed by atoms with Crippen molar-refractivity contribution in [1.29, 1.82) is 0 Å². The molecule has 0 aliphatic carbocycles. The third-order valence-electron chi connectivity index (χ3n) is 4.35. The molecule has 29 heavy (non-hydrogen) atoms. The van der Waals surface area contributed by atoms with Crippen LogP contribution in [0.4, 0.5) is 0 Å². The van der Waals surface area contributed by atoms with Gasteiger partial charge in [0, 0.05) is 17.3 Å². The zero-order valence-corrected chi connectivity index (χ0v) is 18.6. The third-order valence-corrected chi connectivity index (χ3v) is 4.88. The number of methoxy groups -OCH3 is 1. The van der Waals surface area contributed by atoms with Crippen molar-refractivity contribution >= 4 is 27.5 Å². The maximum atomic E-state index is 12.2. The van der Waals surface area contributed by atoms with Crippen LogP contribution >= 0.6 is 15.9 Å². The summed E-state index contributed by atoms with van der Waals surface area (Å²) in [5.41, 5.74) is 1.83. The number of hydrogen-bond acceptors (Lipinski definition) is 5. The summed E-state index contributed by atoms with van der Waals surface area (Å²) in [6.45, 7) is 3.76. The summed E-state index contributed by atoms with van der Waals surface area (Å²) in [4.78, 5) is 24.3. The fourth-order valence-electron chi connectivity index (χ4n) is 2.95. The van der Waals surface area contributed by atoms with Crippen molar-refractivity contribution in [3.05, 3.63) is 52.0 Å². The van der Waals surface area contributed by atoms with E-state index in [1.165, 1.54) is 7.11 Å². The first-order valence-electron chi connectivity index (χ1n) is 9.63. The van der Waals surface area contributed by atoms with Crippen LogP contribution in [0.2, 0.25) is 0 Å². The average molecular weight is 463 g/mol. The maximum absolute atomic E-state index is 12.2. The van der Waals surface area contributed by atoms with E-state index in [0.717, 1.165) is 15.6 Å². The molecule has 0 aliphatic rings. The predicted molar refractivity (Wildman–Crippen MR) is 116 cm³/mol. The number of rotatable bonds is 11. The molecule has 0 aromatic heterocycles. The number of ketones is 2. The zero-order chi connectivity index (χ0) is 21.4. The molecular formula is C23H27BrO5. The second-order valence-electron chi connectivity index (χ2n) is 7.19. The van der Waals surface area contributed by atoms with Crippen LogP contribution in [-0.2, 0) is 22.4 Å². The summed E-state index contributed by atoms with van der Waals surface area (Å²) in [7, 11) is 1.46. The third kappa shape index (κ3) is 7.54. The number of carbonyl (C=O) groups is 2. The normalized spacial score (nSPS) is 10.8. The number of phenols is 1. The Morgan fingerprint density at radius 3 is 2.14 bits per heavy atom. The first-order chi connectivity index (χ1) is 13.8. The molecule has 2 rings (SSSR count). The minimum absolute atomic E-state index is 0.0290. The highest BCUT2D eigenvalue weighted by Crippen LogP contribution is 2.38. The zero-order valence-electron chi connectivity index (χ0n) is 17.0. The van der Waals surface area contributed by atoms with Gasteiger partial charge in [-0.05, 0) is 62.1 Å². The molecule has 156 valence electrons. The molecule has 5 nitrogen and oxygen atoms in total. The molecule has 0 spiro atoms. The molecule has 0 atom stereocenters. The van der Waals surface area contributed by atoms with E-state index in [2.05, 4.69) is 15.9 Å². The standard InChI is InChI=1S/C23H27BrO5/c1-15(2)29-22-13-17(12-21(27)23(22)28-3)7-11-20(26)14-19(25)10-6-16-4-8-18(24)9-5-16/h4-5,8-9,12-13,15,27H,6-7,10-11,14H2,1-3H3. The number of benzene rings is 2. The number of Topliss-reactive ketones (excluding diaryl/α,β-unsaturated/α-hetero) is 2. The number of ether oxygens (including phenoxy) is 2. The Morgan fingerprint density at radius 1 is 1.00 bits per heavy atom. The summed E-state index contributed by atoms with van der Waals surface area (Å²) in [6.07, 6.45) is 1.49. The summed E-state index contributed by atoms with van der Waals surface area (Å²) in [5, 5.41) is 10.1. The lowest BCUT2D eigenvalue weighted by Gasteiger charge is -2.16. The number of aromatic hydroxyl groups is 1. The molecule has 0 saturated heterocycles. The van der Waals surface area contributed by atoms with Crippen LogP contribution in [0.1, 0.15) is 44.2 Å². The second-order valence-corrected chi connectivity index (χ2v) is 8.11. The summed E-state index contributed by atoms with van der Waals surface area (Å²) in [5.74, 6) is 0.526. The first kappa shape index (κ1) is 22.9. The Bertz CT molecular complexity index is 843. The Kier molecular flexibility index (Phi) is 8.70. The van der Waals surface area contributed by atoms with Crippen LogP contribution in [-0.4, -0.2) is 29.9 Å². The van der Waals surface area contributed by atoms with Gasteiger partial charge in [-0.15, -0.1) is 0 Å². The molecular weight excluding hydrogens is 436 g/mol. The van der Waals surface area contributed by atoms with Crippen molar-refractivity contribution in [2.45, 2.75) is 52.1 Å². The fraction of sp³-hybridized carbons (Fsp3) is 0.391. The van der Waals surface area contributed by atoms with E-state index in [9.17, 15) is 14.7 Å². The van der Waals surface area contributed by atoms with Gasteiger partial charge in [0.1, 0.15) is 11.6 Å². The van der Waals surface area contributed by atoms with E-state index in [0.29, 0.717) is 25.0 Å². The summed E-state index contributed by atoms with van der Waals surface area (Å²) in [6, 6.07) is 11.1. The SMILES string of the molecule is COc1c(O)cc(CCC(=O)CC(=O)CCc2ccc(Br)cc2)cc1OC(C)C. The molecule has 2 aromatic rings. The Hall–Kier alpha value is -2.34. The van der Waals surface area contributed by atoms with E-state index in [-0.39, 0.29) is 42.0 Å². The second kappa shape index (κ2) is 11.0. The van der Waals surface area contributed by atoms with Crippen molar-refractivity contribution in [3.8, 4) is 17.2 Å². The largest absolute Gasteiger partial charge is 0.504 e. The van der Waals surface area contributed by atoms with Crippen molar-refractivity contribution in [1.82, 2.24) is 0 Å². The van der Waals surface area contributed by atoms with Crippen molar-refractivity contribution < 1.29 is 24.2 Å². The topological polar surface area (TPSA) is 72.8 Å². The van der Waals surface area contributed by atoms with Gasteiger partial charge < -0.3 is 14.6 Å². The molecule has 0 aliphatic heterocycles. The lowest BCUT2D eigenvalue weighted by atomic mass is 10.0. The molecule has 6 heteroatoms. The quantitative estimate of drug-likeness (QED) is 0.473. The van der Waals surface area contributed by atoms with Crippen LogP contribution in [0.3, 0.4) is 0 Å². The van der Waals surface area contributed by atoms with Gasteiger partial charge in [-0.2, -0.15) is 0 Å². The summed E-state index contributed by atoms with van der Waals surface area (Å²) >= 11 is 3.38. The van der Waals surface area contributed by atoms with Crippen molar-refractivity contribution in [2.75, 3.05) is 7.11 Å². The van der Waals surface area contributed by atoms with Gasteiger partial charge in [-0.25, -0.2) is 0 Å². The minimum atomic E-state index is -0.104. The summed E-state index contributed by atoms with van der Waals surface area (Å²) < 4.78 is 11.9. The van der Waals surface area contributed by atoms with E-state index >= 15 is 0 Å². The van der Waals surface area contributed by atoms with Crippen LogP contribution < -0.4 is 9.47 Å². The number of carbonyl (C=O) groups excluding carboxylic acids is 2. The maximum Gasteiger partial charge on any atom is 0.203 e. The fourth-order valence-corrected chi connectivity index (χ4v) is 3.21. The predicted octanol–water partition coefficient (Wildman–Crippen LogP) is 5.04. The van der Waals surface area contributed by atoms with Crippen molar-refractivity contribution in [2.24, 2.45) is 0 Å². The monoisotopic (exact) mass is 462 g/mol. The van der Waals surface area contributed by atoms with E-state index < -0.39 is 0 Å². The molecule has 0 radical (unpaired) electrons. The first-order valence-corrected chi connectivity index (χ1v) is 10.4. The van der Waals surface area contributed by atoms with Gasteiger partial charge in [-0.3, -0.25) is 9.59 Å². The number of aryl methyl sites for hydroxylation is 2.